The van der Waals surface area contributed by atoms with Crippen molar-refractivity contribution in [3.05, 3.63) is 23.8 Å². The number of carbonyl (C=O) groups is 1. The van der Waals surface area contributed by atoms with Gasteiger partial charge in [0.15, 0.2) is 0 Å². The van der Waals surface area contributed by atoms with Crippen LogP contribution in [-0.4, -0.2) is 37.5 Å². The Bertz CT molecular complexity index is 532. The van der Waals surface area contributed by atoms with E-state index in [-0.39, 0.29) is 19.7 Å². The second kappa shape index (κ2) is 5.87. The molecule has 2 rings (SSSR count). The highest BCUT2D eigenvalue weighted by Crippen LogP contribution is 2.32. The summed E-state index contributed by atoms with van der Waals surface area (Å²) in [7, 11) is 1.55. The number of hydrogen-bond donors (Lipinski definition) is 0. The Morgan fingerprint density at radius 2 is 2.14 bits per heavy atom. The summed E-state index contributed by atoms with van der Waals surface area (Å²) in [5, 5.41) is 0. The molecule has 4 nitrogen and oxygen atoms in total. The van der Waals surface area contributed by atoms with Gasteiger partial charge in [-0.3, -0.25) is 4.79 Å². The topological polar surface area (TPSA) is 38.8 Å². The van der Waals surface area contributed by atoms with E-state index >= 15 is 0 Å². The average molecular weight is 299 g/mol. The molecule has 0 saturated heterocycles. The lowest BCUT2D eigenvalue weighted by molar-refractivity contribution is -0.149. The van der Waals surface area contributed by atoms with Crippen molar-refractivity contribution in [1.82, 2.24) is 4.90 Å². The number of carbonyl (C=O) groups excluding carboxylic acids is 1. The van der Waals surface area contributed by atoms with E-state index < -0.39 is 17.7 Å². The molecule has 1 aliphatic rings. The van der Waals surface area contributed by atoms with Crippen molar-refractivity contribution in [3.8, 4) is 11.5 Å². The molecule has 0 N–H and O–H groups in total. The number of methoxy groups -OCH3 is 1. The summed E-state index contributed by atoms with van der Waals surface area (Å²) in [5.41, 5.74) is -0.913. The molecule has 1 aromatic carbocycles. The lowest BCUT2D eigenvalue weighted by Gasteiger charge is -2.30. The van der Waals surface area contributed by atoms with Gasteiger partial charge in [-0.15, -0.1) is 0 Å². The van der Waals surface area contributed by atoms with Crippen LogP contribution in [0, 0.1) is 5.41 Å². The minimum Gasteiger partial charge on any atom is -0.497 e. The van der Waals surface area contributed by atoms with Gasteiger partial charge in [0.1, 0.15) is 23.5 Å². The van der Waals surface area contributed by atoms with Crippen molar-refractivity contribution in [2.75, 3.05) is 20.3 Å². The molecule has 0 atom stereocenters. The number of halogens is 2. The predicted molar refractivity (Wildman–Crippen MR) is 73.7 cm³/mol. The fourth-order valence-electron chi connectivity index (χ4n) is 2.15. The number of nitrogens with zero attached hydrogens (tertiary/aromatic N) is 1. The van der Waals surface area contributed by atoms with Gasteiger partial charge in [-0.25, -0.2) is 8.78 Å². The first-order valence-corrected chi connectivity index (χ1v) is 6.73. The third-order valence-corrected chi connectivity index (χ3v) is 3.64. The van der Waals surface area contributed by atoms with Crippen LogP contribution < -0.4 is 9.47 Å². The van der Waals surface area contributed by atoms with Crippen LogP contribution in [0.25, 0.3) is 0 Å². The number of amides is 1. The zero-order chi connectivity index (χ0) is 15.6. The van der Waals surface area contributed by atoms with Crippen molar-refractivity contribution in [1.29, 1.82) is 0 Å². The summed E-state index contributed by atoms with van der Waals surface area (Å²) in [6.45, 7) is 3.34. The zero-order valence-electron chi connectivity index (χ0n) is 12.4. The minimum absolute atomic E-state index is 0.258. The van der Waals surface area contributed by atoms with Crippen LogP contribution in [0.1, 0.15) is 19.4 Å². The highest BCUT2D eigenvalue weighted by atomic mass is 19.3. The molecule has 0 aromatic heterocycles. The molecule has 6 heteroatoms. The molecule has 0 bridgehead atoms. The quantitative estimate of drug-likeness (QED) is 0.861. The number of fused-ring (bicyclic) bond motifs is 1. The van der Waals surface area contributed by atoms with E-state index in [0.29, 0.717) is 11.5 Å². The number of hydrogen-bond acceptors (Lipinski definition) is 3. The minimum atomic E-state index is -2.70. The summed E-state index contributed by atoms with van der Waals surface area (Å²) in [5.74, 6) is 0.714. The van der Waals surface area contributed by atoms with E-state index in [1.807, 2.05) is 0 Å². The van der Waals surface area contributed by atoms with Crippen molar-refractivity contribution < 1.29 is 23.0 Å². The summed E-state index contributed by atoms with van der Waals surface area (Å²) in [6, 6.07) is 5.28. The third kappa shape index (κ3) is 3.09. The SMILES string of the molecule is COc1ccc2c(c1)OCCN(C(=O)C(C)(C)C(F)F)C2. The largest absolute Gasteiger partial charge is 0.497 e. The molecule has 1 aromatic rings. The van der Waals surface area contributed by atoms with Crippen LogP contribution in [0.5, 0.6) is 11.5 Å². The molecule has 0 unspecified atom stereocenters. The van der Waals surface area contributed by atoms with Gasteiger partial charge in [0, 0.05) is 18.2 Å². The van der Waals surface area contributed by atoms with Crippen LogP contribution in [-0.2, 0) is 11.3 Å². The fourth-order valence-corrected chi connectivity index (χ4v) is 2.15. The number of benzene rings is 1. The third-order valence-electron chi connectivity index (χ3n) is 3.64. The second-order valence-electron chi connectivity index (χ2n) is 5.57. The van der Waals surface area contributed by atoms with Gasteiger partial charge in [-0.2, -0.15) is 0 Å². The fraction of sp³-hybridized carbons (Fsp3) is 0.533. The van der Waals surface area contributed by atoms with E-state index in [1.165, 1.54) is 18.7 Å². The predicted octanol–water partition coefficient (Wildman–Crippen LogP) is 2.71. The molecule has 1 aliphatic heterocycles. The van der Waals surface area contributed by atoms with Crippen LogP contribution in [0.3, 0.4) is 0 Å². The van der Waals surface area contributed by atoms with E-state index in [1.54, 1.807) is 25.3 Å². The summed E-state index contributed by atoms with van der Waals surface area (Å²) in [4.78, 5) is 13.7. The van der Waals surface area contributed by atoms with E-state index in [4.69, 9.17) is 9.47 Å². The molecule has 1 amide bonds. The van der Waals surface area contributed by atoms with Gasteiger partial charge < -0.3 is 14.4 Å². The Balaban J connectivity index is 2.23. The molecular formula is C15H19F2NO3. The van der Waals surface area contributed by atoms with E-state index in [9.17, 15) is 13.6 Å². The molecule has 116 valence electrons. The molecule has 0 saturated carbocycles. The van der Waals surface area contributed by atoms with Crippen LogP contribution in [0.2, 0.25) is 0 Å². The summed E-state index contributed by atoms with van der Waals surface area (Å²) < 4.78 is 36.7. The smallest absolute Gasteiger partial charge is 0.252 e. The molecule has 0 aliphatic carbocycles. The van der Waals surface area contributed by atoms with Crippen LogP contribution in [0.4, 0.5) is 8.78 Å². The standard InChI is InChI=1S/C15H19F2NO3/c1-15(2,13(16)17)14(19)18-6-7-21-12-8-11(20-3)5-4-10(12)9-18/h4-5,8,13H,6-7,9H2,1-3H3. The van der Waals surface area contributed by atoms with Crippen molar-refractivity contribution in [2.24, 2.45) is 5.41 Å². The highest BCUT2D eigenvalue weighted by Gasteiger charge is 2.41. The maximum atomic E-state index is 13.0. The van der Waals surface area contributed by atoms with Gasteiger partial charge in [-0.1, -0.05) is 0 Å². The van der Waals surface area contributed by atoms with E-state index in [2.05, 4.69) is 0 Å². The molecule has 0 fully saturated rings. The molecule has 0 spiro atoms. The Morgan fingerprint density at radius 3 is 2.76 bits per heavy atom. The Hall–Kier alpha value is -1.85. The maximum Gasteiger partial charge on any atom is 0.252 e. The highest BCUT2D eigenvalue weighted by molar-refractivity contribution is 5.82. The Labute approximate surface area is 122 Å². The Morgan fingerprint density at radius 1 is 1.43 bits per heavy atom. The lowest BCUT2D eigenvalue weighted by Crippen LogP contribution is -2.45. The maximum absolute atomic E-state index is 13.0. The van der Waals surface area contributed by atoms with Gasteiger partial charge in [-0.05, 0) is 26.0 Å². The normalized spacial score (nSPS) is 15.2. The molecule has 21 heavy (non-hydrogen) atoms. The Kier molecular flexibility index (Phi) is 4.34. The monoisotopic (exact) mass is 299 g/mol. The average Bonchev–Trinajstić information content (AvgIpc) is 2.67. The van der Waals surface area contributed by atoms with Gasteiger partial charge >= 0.3 is 0 Å². The number of ether oxygens (including phenoxy) is 2. The van der Waals surface area contributed by atoms with Gasteiger partial charge in [0.25, 0.3) is 6.43 Å². The summed E-state index contributed by atoms with van der Waals surface area (Å²) >= 11 is 0. The van der Waals surface area contributed by atoms with Crippen molar-refractivity contribution in [3.63, 3.8) is 0 Å². The van der Waals surface area contributed by atoms with Crippen molar-refractivity contribution in [2.45, 2.75) is 26.8 Å². The first-order valence-electron chi connectivity index (χ1n) is 6.73. The summed E-state index contributed by atoms with van der Waals surface area (Å²) in [6.07, 6.45) is -2.70. The molecular weight excluding hydrogens is 280 g/mol. The zero-order valence-corrected chi connectivity index (χ0v) is 12.4. The molecule has 0 radical (unpaired) electrons. The lowest BCUT2D eigenvalue weighted by atomic mass is 9.92. The van der Waals surface area contributed by atoms with E-state index in [0.717, 1.165) is 5.56 Å². The molecule has 1 heterocycles. The van der Waals surface area contributed by atoms with Crippen LogP contribution in [0.15, 0.2) is 18.2 Å². The first-order chi connectivity index (χ1) is 9.86. The van der Waals surface area contributed by atoms with Gasteiger partial charge in [0.05, 0.1) is 13.7 Å². The second-order valence-corrected chi connectivity index (χ2v) is 5.57. The first kappa shape index (κ1) is 15.5. The van der Waals surface area contributed by atoms with Crippen LogP contribution >= 0.6 is 0 Å². The number of alkyl halides is 2. The van der Waals surface area contributed by atoms with Gasteiger partial charge in [0.2, 0.25) is 5.91 Å². The van der Waals surface area contributed by atoms with Crippen molar-refractivity contribution >= 4 is 5.91 Å². The number of rotatable bonds is 3.